The summed E-state index contributed by atoms with van der Waals surface area (Å²) in [5.41, 5.74) is 12.1. The number of rotatable bonds is 6. The molecule has 2 heterocycles. The molecule has 0 saturated carbocycles. The van der Waals surface area contributed by atoms with Gasteiger partial charge in [-0.05, 0) is 37.8 Å². The van der Waals surface area contributed by atoms with Crippen molar-refractivity contribution in [2.24, 2.45) is 16.5 Å². The van der Waals surface area contributed by atoms with E-state index in [0.29, 0.717) is 18.8 Å². The number of nitrogens with two attached hydrogens (primary N) is 2. The molecule has 7 nitrogen and oxygen atoms in total. The lowest BCUT2D eigenvalue weighted by Gasteiger charge is -2.22. The summed E-state index contributed by atoms with van der Waals surface area (Å²) in [6.07, 6.45) is 3.86. The third-order valence-electron chi connectivity index (χ3n) is 4.23. The maximum absolute atomic E-state index is 12.3. The summed E-state index contributed by atoms with van der Waals surface area (Å²) < 4.78 is 13.3. The molecule has 0 aliphatic carbocycles. The lowest BCUT2D eigenvalue weighted by Crippen LogP contribution is -2.25. The maximum Gasteiger partial charge on any atom is 0.296 e. The zero-order chi connectivity index (χ0) is 17.6. The first-order chi connectivity index (χ1) is 12.1. The van der Waals surface area contributed by atoms with Crippen molar-refractivity contribution in [2.75, 3.05) is 13.2 Å². The van der Waals surface area contributed by atoms with Crippen LogP contribution in [0.2, 0.25) is 0 Å². The second-order valence-corrected chi connectivity index (χ2v) is 6.10. The first kappa shape index (κ1) is 17.4. The molecule has 0 radical (unpaired) electrons. The highest BCUT2D eigenvalue weighted by Crippen LogP contribution is 2.21. The minimum Gasteiger partial charge on any atom is -0.370 e. The Morgan fingerprint density at radius 3 is 2.92 bits per heavy atom. The highest BCUT2D eigenvalue weighted by Gasteiger charge is 2.16. The van der Waals surface area contributed by atoms with Gasteiger partial charge in [-0.2, -0.15) is 4.99 Å². The second kappa shape index (κ2) is 8.13. The summed E-state index contributed by atoms with van der Waals surface area (Å²) in [6.45, 7) is 1.98. The minimum absolute atomic E-state index is 0.0992. The van der Waals surface area contributed by atoms with Crippen molar-refractivity contribution in [3.63, 3.8) is 0 Å². The van der Waals surface area contributed by atoms with E-state index < -0.39 is 5.91 Å². The van der Waals surface area contributed by atoms with Crippen LogP contribution in [-0.2, 0) is 16.0 Å². The Balaban J connectivity index is 1.70. The van der Waals surface area contributed by atoms with Crippen LogP contribution < -0.4 is 11.5 Å². The first-order valence-electron chi connectivity index (χ1n) is 8.60. The molecule has 4 N–H and O–H groups in total. The molecule has 25 heavy (non-hydrogen) atoms. The molecule has 3 rings (SSSR count). The van der Waals surface area contributed by atoms with Gasteiger partial charge in [-0.3, -0.25) is 4.79 Å². The number of hydrogen-bond acceptors (Lipinski definition) is 3. The Bertz CT molecular complexity index is 759. The minimum atomic E-state index is -0.437. The topological polar surface area (TPSA) is 105 Å². The Hall–Kier alpha value is -2.38. The number of carbonyl (C=O) groups is 1. The number of aromatic nitrogens is 1. The van der Waals surface area contributed by atoms with Gasteiger partial charge in [-0.15, -0.1) is 0 Å². The summed E-state index contributed by atoms with van der Waals surface area (Å²) in [7, 11) is 0. The second-order valence-electron chi connectivity index (χ2n) is 6.10. The van der Waals surface area contributed by atoms with Crippen molar-refractivity contribution < 1.29 is 14.3 Å². The molecule has 1 aliphatic heterocycles. The van der Waals surface area contributed by atoms with Gasteiger partial charge in [0.05, 0.1) is 6.61 Å². The average Bonchev–Trinajstić information content (AvgIpc) is 2.98. The molecule has 0 bridgehead atoms. The molecule has 1 saturated heterocycles. The van der Waals surface area contributed by atoms with E-state index in [1.165, 1.54) is 0 Å². The smallest absolute Gasteiger partial charge is 0.296 e. The summed E-state index contributed by atoms with van der Waals surface area (Å²) in [5.74, 6) is -0.674. The van der Waals surface area contributed by atoms with Crippen LogP contribution >= 0.6 is 0 Å². The number of hydrogen-bond donors (Lipinski definition) is 2. The average molecular weight is 344 g/mol. The van der Waals surface area contributed by atoms with E-state index >= 15 is 0 Å². The third kappa shape index (κ3) is 4.37. The number of aryl methyl sites for hydroxylation is 1. The summed E-state index contributed by atoms with van der Waals surface area (Å²) in [6, 6.07) is 9.64. The SMILES string of the molecule is NC(N)=NC(=O)c1cc2ccccc2n1CCCOC1CCCCO1. The summed E-state index contributed by atoms with van der Waals surface area (Å²) >= 11 is 0. The quantitative estimate of drug-likeness (QED) is 0.474. The molecule has 7 heteroatoms. The number of nitrogens with zero attached hydrogens (tertiary/aromatic N) is 2. The molecule has 2 aromatic rings. The predicted octanol–water partition coefficient (Wildman–Crippen LogP) is 1.99. The third-order valence-corrected chi connectivity index (χ3v) is 4.23. The van der Waals surface area contributed by atoms with Crippen LogP contribution in [0.4, 0.5) is 0 Å². The Labute approximate surface area is 146 Å². The number of benzene rings is 1. The van der Waals surface area contributed by atoms with Crippen molar-refractivity contribution >= 4 is 22.8 Å². The molecule has 0 spiro atoms. The van der Waals surface area contributed by atoms with Gasteiger partial charge in [-0.25, -0.2) is 0 Å². The van der Waals surface area contributed by atoms with Gasteiger partial charge in [0.2, 0.25) is 0 Å². The highest BCUT2D eigenvalue weighted by atomic mass is 16.7. The molecule has 1 atom stereocenters. The zero-order valence-electron chi connectivity index (χ0n) is 14.2. The monoisotopic (exact) mass is 344 g/mol. The van der Waals surface area contributed by atoms with E-state index in [2.05, 4.69) is 4.99 Å². The number of aliphatic imine (C=N–C) groups is 1. The van der Waals surface area contributed by atoms with Crippen molar-refractivity contribution in [3.8, 4) is 0 Å². The number of amides is 1. The standard InChI is InChI=1S/C18H24N4O3/c19-18(20)21-17(23)15-12-13-6-1-2-7-14(13)22(15)9-5-11-25-16-8-3-4-10-24-16/h1-2,6-7,12,16H,3-5,8-11H2,(H4,19,20,21,23). The van der Waals surface area contributed by atoms with Gasteiger partial charge in [0.1, 0.15) is 5.69 Å². The van der Waals surface area contributed by atoms with Crippen molar-refractivity contribution in [3.05, 3.63) is 36.0 Å². The van der Waals surface area contributed by atoms with Gasteiger partial charge in [-0.1, -0.05) is 18.2 Å². The van der Waals surface area contributed by atoms with E-state index in [1.807, 2.05) is 34.9 Å². The van der Waals surface area contributed by atoms with Crippen LogP contribution in [-0.4, -0.2) is 35.9 Å². The van der Waals surface area contributed by atoms with Crippen LogP contribution in [0.5, 0.6) is 0 Å². The molecule has 1 unspecified atom stereocenters. The maximum atomic E-state index is 12.3. The van der Waals surface area contributed by atoms with Gasteiger partial charge >= 0.3 is 0 Å². The van der Waals surface area contributed by atoms with Gasteiger partial charge in [0.25, 0.3) is 5.91 Å². The number of para-hydroxylation sites is 1. The Kier molecular flexibility index (Phi) is 5.67. The van der Waals surface area contributed by atoms with E-state index in [1.54, 1.807) is 0 Å². The number of fused-ring (bicyclic) bond motifs is 1. The van der Waals surface area contributed by atoms with Gasteiger partial charge in [0.15, 0.2) is 12.2 Å². The molecular formula is C18H24N4O3. The predicted molar refractivity (Wildman–Crippen MR) is 96.2 cm³/mol. The van der Waals surface area contributed by atoms with Gasteiger partial charge < -0.3 is 25.5 Å². The van der Waals surface area contributed by atoms with E-state index in [4.69, 9.17) is 20.9 Å². The number of ether oxygens (including phenoxy) is 2. The number of carbonyl (C=O) groups excluding carboxylic acids is 1. The van der Waals surface area contributed by atoms with E-state index in [0.717, 1.165) is 43.2 Å². The van der Waals surface area contributed by atoms with E-state index in [-0.39, 0.29) is 12.2 Å². The molecule has 1 aromatic heterocycles. The number of guanidine groups is 1. The Morgan fingerprint density at radius 1 is 1.32 bits per heavy atom. The molecule has 1 aromatic carbocycles. The van der Waals surface area contributed by atoms with Gasteiger partial charge in [0, 0.05) is 24.1 Å². The van der Waals surface area contributed by atoms with Crippen LogP contribution in [0.25, 0.3) is 10.9 Å². The largest absolute Gasteiger partial charge is 0.370 e. The molecular weight excluding hydrogens is 320 g/mol. The fraction of sp³-hybridized carbons (Fsp3) is 0.444. The summed E-state index contributed by atoms with van der Waals surface area (Å²) in [5, 5.41) is 0.980. The lowest BCUT2D eigenvalue weighted by atomic mass is 10.2. The highest BCUT2D eigenvalue weighted by molar-refractivity contribution is 6.04. The molecule has 1 amide bonds. The molecule has 1 fully saturated rings. The van der Waals surface area contributed by atoms with Crippen molar-refractivity contribution in [2.45, 2.75) is 38.5 Å². The summed E-state index contributed by atoms with van der Waals surface area (Å²) in [4.78, 5) is 16.0. The van der Waals surface area contributed by atoms with Crippen LogP contribution in [0.3, 0.4) is 0 Å². The van der Waals surface area contributed by atoms with Crippen LogP contribution in [0.15, 0.2) is 35.3 Å². The first-order valence-corrected chi connectivity index (χ1v) is 8.60. The van der Waals surface area contributed by atoms with E-state index in [9.17, 15) is 4.79 Å². The van der Waals surface area contributed by atoms with Crippen molar-refractivity contribution in [1.29, 1.82) is 0 Å². The fourth-order valence-electron chi connectivity index (χ4n) is 3.08. The molecule has 134 valence electrons. The zero-order valence-corrected chi connectivity index (χ0v) is 14.2. The molecule has 1 aliphatic rings. The fourth-order valence-corrected chi connectivity index (χ4v) is 3.08. The van der Waals surface area contributed by atoms with Crippen LogP contribution in [0, 0.1) is 0 Å². The normalized spacial score (nSPS) is 17.5. The Morgan fingerprint density at radius 2 is 2.16 bits per heavy atom. The lowest BCUT2D eigenvalue weighted by molar-refractivity contribution is -0.162. The van der Waals surface area contributed by atoms with Crippen molar-refractivity contribution in [1.82, 2.24) is 4.57 Å². The van der Waals surface area contributed by atoms with Crippen LogP contribution in [0.1, 0.15) is 36.2 Å².